The van der Waals surface area contributed by atoms with Crippen LogP contribution in [-0.2, 0) is 9.47 Å². The number of rotatable bonds is 6. The van der Waals surface area contributed by atoms with Crippen LogP contribution in [0.25, 0.3) is 0 Å². The van der Waals surface area contributed by atoms with Gasteiger partial charge >= 0.3 is 0 Å². The first-order valence-electron chi connectivity index (χ1n) is 9.47. The zero-order valence-electron chi connectivity index (χ0n) is 16.5. The van der Waals surface area contributed by atoms with Crippen LogP contribution in [0, 0.1) is 0 Å². The molecular formula is C19H37FN2O2. The molecule has 0 amide bonds. The average molecular weight is 345 g/mol. The molecule has 5 heteroatoms. The number of halogens is 1. The van der Waals surface area contributed by atoms with E-state index in [9.17, 15) is 4.39 Å². The standard InChI is InChI=1S/C19H37FN2O2/c1-18(2,3)22-10-9-21(17(20)14-22)8-7-11-23-15-12-16(13-15)24-19(4,5)6/h15-17H,7-14H2,1-6H3. The summed E-state index contributed by atoms with van der Waals surface area (Å²) < 4.78 is 26.1. The molecule has 4 nitrogen and oxygen atoms in total. The molecule has 0 aromatic carbocycles. The number of nitrogens with zero attached hydrogens (tertiary/aromatic N) is 2. The molecule has 1 aliphatic heterocycles. The summed E-state index contributed by atoms with van der Waals surface area (Å²) in [5.41, 5.74) is -0.0175. The van der Waals surface area contributed by atoms with E-state index in [0.717, 1.165) is 45.5 Å². The Bertz CT molecular complexity index is 386. The quantitative estimate of drug-likeness (QED) is 0.544. The van der Waals surface area contributed by atoms with Gasteiger partial charge in [-0.15, -0.1) is 0 Å². The van der Waals surface area contributed by atoms with E-state index in [2.05, 4.69) is 46.4 Å². The molecule has 1 heterocycles. The molecule has 0 bridgehead atoms. The van der Waals surface area contributed by atoms with Crippen molar-refractivity contribution in [1.29, 1.82) is 0 Å². The molecule has 1 saturated heterocycles. The first kappa shape index (κ1) is 20.1. The maximum Gasteiger partial charge on any atom is 0.166 e. The highest BCUT2D eigenvalue weighted by Crippen LogP contribution is 2.30. The number of ether oxygens (including phenoxy) is 2. The van der Waals surface area contributed by atoms with Crippen molar-refractivity contribution in [3.05, 3.63) is 0 Å². The van der Waals surface area contributed by atoms with Gasteiger partial charge in [0.1, 0.15) is 0 Å². The normalized spacial score (nSPS) is 30.4. The first-order valence-corrected chi connectivity index (χ1v) is 9.47. The fraction of sp³-hybridized carbons (Fsp3) is 1.00. The maximum atomic E-state index is 14.3. The summed E-state index contributed by atoms with van der Waals surface area (Å²) in [7, 11) is 0. The highest BCUT2D eigenvalue weighted by Gasteiger charge is 2.34. The van der Waals surface area contributed by atoms with Crippen LogP contribution >= 0.6 is 0 Å². The number of hydrogen-bond donors (Lipinski definition) is 0. The maximum absolute atomic E-state index is 14.3. The minimum absolute atomic E-state index is 0.0510. The van der Waals surface area contributed by atoms with E-state index in [1.165, 1.54) is 0 Å². The van der Waals surface area contributed by atoms with Crippen molar-refractivity contribution in [3.8, 4) is 0 Å². The predicted octanol–water partition coefficient (Wildman–Crippen LogP) is 3.45. The van der Waals surface area contributed by atoms with Gasteiger partial charge in [-0.25, -0.2) is 4.39 Å². The molecule has 0 radical (unpaired) electrons. The van der Waals surface area contributed by atoms with Crippen molar-refractivity contribution in [1.82, 2.24) is 9.80 Å². The Morgan fingerprint density at radius 3 is 2.21 bits per heavy atom. The summed E-state index contributed by atoms with van der Waals surface area (Å²) in [6.45, 7) is 16.5. The zero-order chi connectivity index (χ0) is 18.0. The molecule has 2 rings (SSSR count). The summed E-state index contributed by atoms with van der Waals surface area (Å²) in [4.78, 5) is 4.19. The van der Waals surface area contributed by atoms with Gasteiger partial charge in [-0.2, -0.15) is 0 Å². The second kappa shape index (κ2) is 7.98. The zero-order valence-corrected chi connectivity index (χ0v) is 16.5. The monoisotopic (exact) mass is 344 g/mol. The van der Waals surface area contributed by atoms with Crippen LogP contribution in [-0.4, -0.2) is 72.2 Å². The molecule has 1 atom stereocenters. The fourth-order valence-corrected chi connectivity index (χ4v) is 3.41. The van der Waals surface area contributed by atoms with Crippen LogP contribution < -0.4 is 0 Å². The molecule has 24 heavy (non-hydrogen) atoms. The smallest absolute Gasteiger partial charge is 0.166 e. The van der Waals surface area contributed by atoms with Gasteiger partial charge in [-0.05, 0) is 60.8 Å². The lowest BCUT2D eigenvalue weighted by molar-refractivity contribution is -0.149. The average Bonchev–Trinajstić information content (AvgIpc) is 2.39. The molecule has 1 aliphatic carbocycles. The Hall–Kier alpha value is -0.230. The van der Waals surface area contributed by atoms with E-state index in [1.807, 2.05) is 4.90 Å². The molecule has 2 fully saturated rings. The molecule has 142 valence electrons. The number of piperazine rings is 1. The van der Waals surface area contributed by atoms with E-state index in [0.29, 0.717) is 18.8 Å². The third kappa shape index (κ3) is 6.25. The highest BCUT2D eigenvalue weighted by molar-refractivity contribution is 4.85. The third-order valence-corrected chi connectivity index (χ3v) is 4.89. The van der Waals surface area contributed by atoms with Crippen LogP contribution in [0.1, 0.15) is 60.8 Å². The molecule has 2 aliphatic rings. The van der Waals surface area contributed by atoms with Gasteiger partial charge in [0.05, 0.1) is 17.8 Å². The van der Waals surface area contributed by atoms with E-state index in [4.69, 9.17) is 9.47 Å². The Morgan fingerprint density at radius 1 is 1.00 bits per heavy atom. The van der Waals surface area contributed by atoms with Gasteiger partial charge in [0.15, 0.2) is 6.30 Å². The van der Waals surface area contributed by atoms with Crippen LogP contribution in [0.2, 0.25) is 0 Å². The van der Waals surface area contributed by atoms with Crippen molar-refractivity contribution in [3.63, 3.8) is 0 Å². The first-order chi connectivity index (χ1) is 11.0. The molecule has 0 N–H and O–H groups in total. The van der Waals surface area contributed by atoms with Crippen molar-refractivity contribution in [2.24, 2.45) is 0 Å². The van der Waals surface area contributed by atoms with Gasteiger partial charge in [-0.1, -0.05) is 0 Å². The summed E-state index contributed by atoms with van der Waals surface area (Å²) >= 11 is 0. The number of alkyl halides is 1. The molecular weight excluding hydrogens is 307 g/mol. The van der Waals surface area contributed by atoms with Crippen molar-refractivity contribution in [2.75, 3.05) is 32.8 Å². The van der Waals surface area contributed by atoms with Crippen LogP contribution in [0.3, 0.4) is 0 Å². The highest BCUT2D eigenvalue weighted by atomic mass is 19.1. The summed E-state index contributed by atoms with van der Waals surface area (Å²) in [5, 5.41) is 0. The van der Waals surface area contributed by atoms with Gasteiger partial charge in [0, 0.05) is 38.3 Å². The van der Waals surface area contributed by atoms with Crippen LogP contribution in [0.4, 0.5) is 4.39 Å². The van der Waals surface area contributed by atoms with Gasteiger partial charge in [-0.3, -0.25) is 9.80 Å². The Balaban J connectivity index is 1.55. The van der Waals surface area contributed by atoms with Gasteiger partial charge in [0.2, 0.25) is 0 Å². The molecule has 0 aromatic rings. The van der Waals surface area contributed by atoms with Gasteiger partial charge < -0.3 is 9.47 Å². The Labute approximate surface area is 147 Å². The summed E-state index contributed by atoms with van der Waals surface area (Å²) in [6, 6.07) is 0. The van der Waals surface area contributed by atoms with Crippen molar-refractivity contribution >= 4 is 0 Å². The fourth-order valence-electron chi connectivity index (χ4n) is 3.41. The molecule has 1 unspecified atom stereocenters. The van der Waals surface area contributed by atoms with Crippen LogP contribution in [0.15, 0.2) is 0 Å². The largest absolute Gasteiger partial charge is 0.378 e. The van der Waals surface area contributed by atoms with Crippen molar-refractivity contribution in [2.45, 2.75) is 90.4 Å². The lowest BCUT2D eigenvalue weighted by Gasteiger charge is -2.44. The van der Waals surface area contributed by atoms with E-state index in [-0.39, 0.29) is 11.1 Å². The lowest BCUT2D eigenvalue weighted by Crippen LogP contribution is -2.57. The Kier molecular flexibility index (Phi) is 6.68. The lowest BCUT2D eigenvalue weighted by atomic mass is 9.91. The van der Waals surface area contributed by atoms with Gasteiger partial charge in [0.25, 0.3) is 0 Å². The molecule has 0 spiro atoms. The minimum atomic E-state index is -0.855. The molecule has 0 aromatic heterocycles. The second-order valence-electron chi connectivity index (χ2n) is 9.26. The van der Waals surface area contributed by atoms with Crippen molar-refractivity contribution < 1.29 is 13.9 Å². The Morgan fingerprint density at radius 2 is 1.67 bits per heavy atom. The summed E-state index contributed by atoms with van der Waals surface area (Å²) in [6.07, 6.45) is 2.70. The van der Waals surface area contributed by atoms with Crippen LogP contribution in [0.5, 0.6) is 0 Å². The molecule has 1 saturated carbocycles. The topological polar surface area (TPSA) is 24.9 Å². The second-order valence-corrected chi connectivity index (χ2v) is 9.26. The summed E-state index contributed by atoms with van der Waals surface area (Å²) in [5.74, 6) is 0. The SMILES string of the molecule is CC(C)(C)OC1CC(OCCCN2CCN(C(C)(C)C)CC2F)C1. The third-order valence-electron chi connectivity index (χ3n) is 4.89. The van der Waals surface area contributed by atoms with E-state index < -0.39 is 6.30 Å². The number of hydrogen-bond acceptors (Lipinski definition) is 4. The predicted molar refractivity (Wildman–Crippen MR) is 96.0 cm³/mol. The minimum Gasteiger partial charge on any atom is -0.378 e. The van der Waals surface area contributed by atoms with E-state index in [1.54, 1.807) is 0 Å². The van der Waals surface area contributed by atoms with E-state index >= 15 is 0 Å².